The van der Waals surface area contributed by atoms with Crippen LogP contribution in [0.4, 0.5) is 11.4 Å². The first-order valence-electron chi connectivity index (χ1n) is 8.24. The maximum Gasteiger partial charge on any atom is 0.268 e. The number of nitrogens with zero attached hydrogens (tertiary/aromatic N) is 1. The van der Waals surface area contributed by atoms with E-state index in [0.29, 0.717) is 17.2 Å². The number of ether oxygens (including phenoxy) is 2. The van der Waals surface area contributed by atoms with Crippen molar-refractivity contribution >= 4 is 17.3 Å². The van der Waals surface area contributed by atoms with E-state index < -0.39 is 11.1 Å². The van der Waals surface area contributed by atoms with Crippen molar-refractivity contribution in [1.29, 1.82) is 0 Å². The van der Waals surface area contributed by atoms with Gasteiger partial charge in [0.05, 0.1) is 5.69 Å². The van der Waals surface area contributed by atoms with E-state index in [9.17, 15) is 15.2 Å². The summed E-state index contributed by atoms with van der Waals surface area (Å²) < 4.78 is 11.7. The Labute approximate surface area is 155 Å². The molecule has 1 aliphatic rings. The molecule has 0 fully saturated rings. The molecule has 0 bridgehead atoms. The lowest BCUT2D eigenvalue weighted by molar-refractivity contribution is -0.991. The fourth-order valence-electron chi connectivity index (χ4n) is 2.96. The Bertz CT molecular complexity index is 1000. The van der Waals surface area contributed by atoms with E-state index in [2.05, 4.69) is 0 Å². The van der Waals surface area contributed by atoms with Crippen molar-refractivity contribution in [2.45, 2.75) is 0 Å². The van der Waals surface area contributed by atoms with Crippen molar-refractivity contribution in [2.24, 2.45) is 0 Å². The highest BCUT2D eigenvalue weighted by Crippen LogP contribution is 2.42. The van der Waals surface area contributed by atoms with Gasteiger partial charge in [0, 0.05) is 19.2 Å². The zero-order chi connectivity index (χ0) is 19.0. The Morgan fingerprint density at radius 2 is 1.70 bits per heavy atom. The van der Waals surface area contributed by atoms with E-state index in [1.165, 1.54) is 17.0 Å². The van der Waals surface area contributed by atoms with Crippen LogP contribution in [-0.4, -0.2) is 18.2 Å². The number of carbonyl (C=O) groups is 1. The monoisotopic (exact) mass is 364 g/mol. The van der Waals surface area contributed by atoms with Gasteiger partial charge in [0.2, 0.25) is 0 Å². The summed E-state index contributed by atoms with van der Waals surface area (Å²) in [5.41, 5.74) is 0.366. The van der Waals surface area contributed by atoms with Crippen LogP contribution in [0.15, 0.2) is 66.7 Å². The zero-order valence-electron chi connectivity index (χ0n) is 14.4. The van der Waals surface area contributed by atoms with Crippen LogP contribution in [0.1, 0.15) is 10.4 Å². The summed E-state index contributed by atoms with van der Waals surface area (Å²) in [6.45, 7) is 0. The summed E-state index contributed by atoms with van der Waals surface area (Å²) in [7, 11) is 1.58. The van der Waals surface area contributed by atoms with E-state index in [1.54, 1.807) is 43.4 Å². The van der Waals surface area contributed by atoms with Crippen molar-refractivity contribution in [2.75, 3.05) is 11.9 Å². The first kappa shape index (κ1) is 17.0. The van der Waals surface area contributed by atoms with E-state index in [4.69, 9.17) is 9.47 Å². The molecular weight excluding hydrogens is 348 g/mol. The van der Waals surface area contributed by atoms with Gasteiger partial charge in [-0.2, -0.15) is 5.23 Å². The first-order chi connectivity index (χ1) is 13.0. The van der Waals surface area contributed by atoms with Crippen LogP contribution in [0, 0.1) is 5.21 Å². The van der Waals surface area contributed by atoms with Gasteiger partial charge in [-0.05, 0) is 24.3 Å². The normalized spacial score (nSPS) is 13.9. The molecular formula is C20H16N2O5. The first-order valence-corrected chi connectivity index (χ1v) is 8.24. The second-order valence-corrected chi connectivity index (χ2v) is 6.00. The maximum absolute atomic E-state index is 12.9. The Morgan fingerprint density at radius 3 is 2.44 bits per heavy atom. The van der Waals surface area contributed by atoms with Gasteiger partial charge in [-0.3, -0.25) is 4.79 Å². The number of para-hydroxylation sites is 3. The highest BCUT2D eigenvalue weighted by Gasteiger charge is 2.32. The Morgan fingerprint density at radius 1 is 1.00 bits per heavy atom. The second-order valence-electron chi connectivity index (χ2n) is 6.00. The lowest BCUT2D eigenvalue weighted by atomic mass is 10.1. The highest BCUT2D eigenvalue weighted by molar-refractivity contribution is 6.12. The van der Waals surface area contributed by atoms with E-state index in [-0.39, 0.29) is 22.7 Å². The number of fused-ring (bicyclic) bond motifs is 2. The molecule has 1 atom stereocenters. The van der Waals surface area contributed by atoms with Crippen LogP contribution in [0.2, 0.25) is 0 Å². The summed E-state index contributed by atoms with van der Waals surface area (Å²) in [6.07, 6.45) is 0. The van der Waals surface area contributed by atoms with Gasteiger partial charge < -0.3 is 19.6 Å². The molecule has 7 nitrogen and oxygen atoms in total. The Hall–Kier alpha value is -3.39. The molecule has 1 aliphatic heterocycles. The number of nitrogens with one attached hydrogen (secondary N) is 1. The molecule has 1 unspecified atom stereocenters. The molecule has 0 spiro atoms. The molecule has 7 heteroatoms. The summed E-state index contributed by atoms with van der Waals surface area (Å²) >= 11 is 0. The molecule has 2 N–H and O–H groups in total. The number of hydrogen-bond acceptors (Lipinski definition) is 5. The third-order valence-corrected chi connectivity index (χ3v) is 4.25. The van der Waals surface area contributed by atoms with Gasteiger partial charge in [-0.15, -0.1) is 0 Å². The van der Waals surface area contributed by atoms with Crippen LogP contribution in [0.25, 0.3) is 0 Å². The van der Waals surface area contributed by atoms with Crippen LogP contribution >= 0.6 is 0 Å². The van der Waals surface area contributed by atoms with E-state index in [1.807, 2.05) is 18.2 Å². The minimum atomic E-state index is -1.24. The minimum Gasteiger partial charge on any atom is -0.595 e. The van der Waals surface area contributed by atoms with E-state index in [0.717, 1.165) is 0 Å². The van der Waals surface area contributed by atoms with E-state index >= 15 is 0 Å². The molecule has 136 valence electrons. The summed E-state index contributed by atoms with van der Waals surface area (Å²) in [5, 5.41) is 20.3. The molecule has 3 aromatic carbocycles. The summed E-state index contributed by atoms with van der Waals surface area (Å²) in [4.78, 5) is 14.3. The number of hydrogen-bond donors (Lipinski definition) is 2. The predicted molar refractivity (Wildman–Crippen MR) is 98.0 cm³/mol. The average molecular weight is 364 g/mol. The number of amides is 1. The molecule has 0 saturated carbocycles. The molecule has 0 aliphatic carbocycles. The fraction of sp³-hybridized carbons (Fsp3) is 0.0500. The Balaban J connectivity index is 1.86. The standard InChI is InChI=1S/C20H16N2O5/c1-21-15-9-5-6-10-17(15)27-18-12-14(26-13-7-3-2-4-8-13)11-16(22(24)25)19(18)20(21)23/h2-12,22,24H,1H3. The third-order valence-electron chi connectivity index (χ3n) is 4.25. The molecule has 0 saturated heterocycles. The maximum atomic E-state index is 12.9. The van der Waals surface area contributed by atoms with Crippen LogP contribution in [-0.2, 0) is 0 Å². The van der Waals surface area contributed by atoms with Gasteiger partial charge in [0.1, 0.15) is 22.8 Å². The van der Waals surface area contributed by atoms with Gasteiger partial charge in [-0.25, -0.2) is 5.21 Å². The molecule has 1 amide bonds. The molecule has 1 heterocycles. The number of carbonyl (C=O) groups excluding carboxylic acids is 1. The molecule has 27 heavy (non-hydrogen) atoms. The third kappa shape index (κ3) is 3.11. The average Bonchev–Trinajstić information content (AvgIpc) is 2.77. The van der Waals surface area contributed by atoms with Crippen LogP contribution in [0.3, 0.4) is 0 Å². The largest absolute Gasteiger partial charge is 0.595 e. The van der Waals surface area contributed by atoms with Gasteiger partial charge in [0.15, 0.2) is 11.4 Å². The quantitative estimate of drug-likeness (QED) is 0.697. The predicted octanol–water partition coefficient (Wildman–Crippen LogP) is 3.26. The van der Waals surface area contributed by atoms with Gasteiger partial charge >= 0.3 is 0 Å². The SMILES string of the molecule is CN1C(=O)c2c(cc(Oc3ccccc3)cc2[NH+]([O-])O)Oc2ccccc21. The molecule has 3 aromatic rings. The number of anilines is 1. The Kier molecular flexibility index (Phi) is 4.25. The van der Waals surface area contributed by atoms with Crippen molar-refractivity contribution in [1.82, 2.24) is 0 Å². The topological polar surface area (TPSA) is 86.5 Å². The molecule has 0 aromatic heterocycles. The van der Waals surface area contributed by atoms with Gasteiger partial charge in [0.25, 0.3) is 5.91 Å². The molecule has 0 radical (unpaired) electrons. The fourth-order valence-corrected chi connectivity index (χ4v) is 2.96. The summed E-state index contributed by atoms with van der Waals surface area (Å²) in [6, 6.07) is 18.9. The second kappa shape index (κ2) is 6.73. The van der Waals surface area contributed by atoms with Crippen molar-refractivity contribution in [3.05, 3.63) is 77.5 Å². The number of benzene rings is 3. The van der Waals surface area contributed by atoms with Crippen molar-refractivity contribution < 1.29 is 24.7 Å². The van der Waals surface area contributed by atoms with Crippen LogP contribution in [0.5, 0.6) is 23.0 Å². The molecule has 4 rings (SSSR count). The lowest BCUT2D eigenvalue weighted by Gasteiger charge is -2.19. The smallest absolute Gasteiger partial charge is 0.268 e. The number of quaternary nitrogens is 1. The minimum absolute atomic E-state index is 0.0124. The van der Waals surface area contributed by atoms with Gasteiger partial charge in [-0.1, -0.05) is 30.3 Å². The lowest BCUT2D eigenvalue weighted by Crippen LogP contribution is -2.99. The number of rotatable bonds is 3. The zero-order valence-corrected chi connectivity index (χ0v) is 14.4. The van der Waals surface area contributed by atoms with Crippen molar-refractivity contribution in [3.63, 3.8) is 0 Å². The van der Waals surface area contributed by atoms with Crippen molar-refractivity contribution in [3.8, 4) is 23.0 Å². The van der Waals surface area contributed by atoms with Crippen LogP contribution < -0.4 is 19.6 Å². The highest BCUT2D eigenvalue weighted by atomic mass is 16.8. The summed E-state index contributed by atoms with van der Waals surface area (Å²) in [5.74, 6) is 0.958.